The number of ether oxygens (including phenoxy) is 1. The third kappa shape index (κ3) is 3.88. The Hall–Kier alpha value is -2.84. The maximum absolute atomic E-state index is 12.7. The summed E-state index contributed by atoms with van der Waals surface area (Å²) >= 11 is 0. The monoisotopic (exact) mass is 380 g/mol. The summed E-state index contributed by atoms with van der Waals surface area (Å²) in [6, 6.07) is 12.2. The Morgan fingerprint density at radius 1 is 1.18 bits per heavy atom. The van der Waals surface area contributed by atoms with E-state index in [1.54, 1.807) is 4.52 Å². The number of hydrogen-bond acceptors (Lipinski definition) is 6. The molecular weight excluding hydrogens is 356 g/mol. The van der Waals surface area contributed by atoms with Crippen LogP contribution in [0.5, 0.6) is 0 Å². The molecule has 1 amide bonds. The lowest BCUT2D eigenvalue weighted by Crippen LogP contribution is -2.44. The van der Waals surface area contributed by atoms with E-state index in [0.29, 0.717) is 25.5 Å². The van der Waals surface area contributed by atoms with E-state index in [9.17, 15) is 4.79 Å². The summed E-state index contributed by atoms with van der Waals surface area (Å²) in [4.78, 5) is 23.7. The van der Waals surface area contributed by atoms with Crippen LogP contribution >= 0.6 is 0 Å². The fraction of sp³-hybridized carbons (Fsp3) is 0.400. The number of nitrogens with one attached hydrogen (secondary N) is 1. The highest BCUT2D eigenvalue weighted by atomic mass is 16.5. The molecule has 146 valence electrons. The van der Waals surface area contributed by atoms with Gasteiger partial charge in [0, 0.05) is 31.0 Å². The van der Waals surface area contributed by atoms with E-state index in [1.165, 1.54) is 5.56 Å². The minimum Gasteiger partial charge on any atom is -0.379 e. The molecule has 1 aromatic carbocycles. The van der Waals surface area contributed by atoms with E-state index >= 15 is 0 Å². The molecule has 1 fully saturated rings. The second kappa shape index (κ2) is 8.04. The molecule has 28 heavy (non-hydrogen) atoms. The molecule has 1 atom stereocenters. The van der Waals surface area contributed by atoms with E-state index in [4.69, 9.17) is 4.74 Å². The number of amides is 1. The zero-order valence-corrected chi connectivity index (χ0v) is 16.1. The molecule has 8 nitrogen and oxygen atoms in total. The van der Waals surface area contributed by atoms with Crippen LogP contribution in [-0.4, -0.2) is 63.2 Å². The molecule has 0 bridgehead atoms. The van der Waals surface area contributed by atoms with Gasteiger partial charge >= 0.3 is 0 Å². The topological polar surface area (TPSA) is 84.7 Å². The first kappa shape index (κ1) is 18.5. The minimum atomic E-state index is -0.295. The molecular formula is C20H24N6O2. The fourth-order valence-electron chi connectivity index (χ4n) is 3.55. The average Bonchev–Trinajstić information content (AvgIpc) is 3.14. The molecule has 2 aromatic heterocycles. The second-order valence-corrected chi connectivity index (χ2v) is 6.97. The second-order valence-electron chi connectivity index (χ2n) is 6.97. The molecule has 0 aliphatic carbocycles. The van der Waals surface area contributed by atoms with Crippen LogP contribution in [-0.2, 0) is 4.74 Å². The van der Waals surface area contributed by atoms with Crippen molar-refractivity contribution in [3.8, 4) is 0 Å². The van der Waals surface area contributed by atoms with Gasteiger partial charge in [0.2, 0.25) is 5.82 Å². The maximum atomic E-state index is 12.7. The molecule has 0 radical (unpaired) electrons. The molecule has 3 heterocycles. The third-order valence-corrected chi connectivity index (χ3v) is 4.95. The van der Waals surface area contributed by atoms with Crippen molar-refractivity contribution in [3.63, 3.8) is 0 Å². The van der Waals surface area contributed by atoms with Gasteiger partial charge in [-0.3, -0.25) is 9.69 Å². The lowest BCUT2D eigenvalue weighted by molar-refractivity contribution is 0.0162. The van der Waals surface area contributed by atoms with E-state index < -0.39 is 0 Å². The number of nitrogens with zero attached hydrogens (tertiary/aromatic N) is 5. The molecule has 1 saturated heterocycles. The van der Waals surface area contributed by atoms with Crippen molar-refractivity contribution in [2.75, 3.05) is 32.8 Å². The average molecular weight is 380 g/mol. The minimum absolute atomic E-state index is 0.0770. The van der Waals surface area contributed by atoms with E-state index in [0.717, 1.165) is 24.5 Å². The number of benzene rings is 1. The van der Waals surface area contributed by atoms with Crippen LogP contribution in [0.15, 0.2) is 36.4 Å². The first-order valence-electron chi connectivity index (χ1n) is 9.48. The van der Waals surface area contributed by atoms with Gasteiger partial charge in [0.05, 0.1) is 19.3 Å². The lowest BCUT2D eigenvalue weighted by atomic mass is 10.0. The van der Waals surface area contributed by atoms with E-state index in [1.807, 2.05) is 38.1 Å². The first-order chi connectivity index (χ1) is 13.6. The van der Waals surface area contributed by atoms with Crippen molar-refractivity contribution in [2.45, 2.75) is 19.9 Å². The van der Waals surface area contributed by atoms with Gasteiger partial charge in [0.15, 0.2) is 0 Å². The Morgan fingerprint density at radius 3 is 2.68 bits per heavy atom. The SMILES string of the molecule is Cc1cc(C)n2nc(C(=O)NCC(c3ccccc3)N3CCOCC3)nc2n1. The Labute approximate surface area is 163 Å². The third-order valence-electron chi connectivity index (χ3n) is 4.95. The number of morpholine rings is 1. The number of aryl methyl sites for hydroxylation is 2. The first-order valence-corrected chi connectivity index (χ1v) is 9.48. The van der Waals surface area contributed by atoms with Gasteiger partial charge in [-0.25, -0.2) is 9.50 Å². The highest BCUT2D eigenvalue weighted by Gasteiger charge is 2.24. The lowest BCUT2D eigenvalue weighted by Gasteiger charge is -2.34. The van der Waals surface area contributed by atoms with Gasteiger partial charge in [-0.2, -0.15) is 4.98 Å². The van der Waals surface area contributed by atoms with Crippen molar-refractivity contribution in [1.29, 1.82) is 0 Å². The predicted octanol–water partition coefficient (Wildman–Crippen LogP) is 1.54. The largest absolute Gasteiger partial charge is 0.379 e. The van der Waals surface area contributed by atoms with Gasteiger partial charge < -0.3 is 10.1 Å². The van der Waals surface area contributed by atoms with Gasteiger partial charge in [0.25, 0.3) is 11.7 Å². The van der Waals surface area contributed by atoms with Gasteiger partial charge in [-0.05, 0) is 25.5 Å². The summed E-state index contributed by atoms with van der Waals surface area (Å²) in [5.74, 6) is 0.280. The van der Waals surface area contributed by atoms with Crippen molar-refractivity contribution >= 4 is 11.7 Å². The number of hydrogen-bond donors (Lipinski definition) is 1. The molecule has 0 saturated carbocycles. The Morgan fingerprint density at radius 2 is 1.93 bits per heavy atom. The summed E-state index contributed by atoms with van der Waals surface area (Å²) in [5, 5.41) is 7.32. The number of aromatic nitrogens is 4. The summed E-state index contributed by atoms with van der Waals surface area (Å²) in [6.45, 7) is 7.37. The smallest absolute Gasteiger partial charge is 0.291 e. The normalized spacial score (nSPS) is 16.2. The van der Waals surface area contributed by atoms with Gasteiger partial charge in [-0.1, -0.05) is 30.3 Å². The Balaban J connectivity index is 1.52. The summed E-state index contributed by atoms with van der Waals surface area (Å²) in [5.41, 5.74) is 2.91. The van der Waals surface area contributed by atoms with Crippen LogP contribution in [0, 0.1) is 13.8 Å². The molecule has 3 aromatic rings. The van der Waals surface area contributed by atoms with Crippen LogP contribution in [0.25, 0.3) is 5.78 Å². The highest BCUT2D eigenvalue weighted by molar-refractivity contribution is 5.90. The summed E-state index contributed by atoms with van der Waals surface area (Å²) in [6.07, 6.45) is 0. The molecule has 1 N–H and O–H groups in total. The number of rotatable bonds is 5. The molecule has 4 rings (SSSR count). The van der Waals surface area contributed by atoms with Crippen molar-refractivity contribution < 1.29 is 9.53 Å². The van der Waals surface area contributed by atoms with Gasteiger partial charge in [0.1, 0.15) is 0 Å². The highest BCUT2D eigenvalue weighted by Crippen LogP contribution is 2.21. The van der Waals surface area contributed by atoms with Gasteiger partial charge in [-0.15, -0.1) is 5.10 Å². The van der Waals surface area contributed by atoms with Crippen LogP contribution in [0.2, 0.25) is 0 Å². The molecule has 8 heteroatoms. The zero-order chi connectivity index (χ0) is 19.5. The maximum Gasteiger partial charge on any atom is 0.291 e. The van der Waals surface area contributed by atoms with E-state index in [2.05, 4.69) is 37.4 Å². The molecule has 1 unspecified atom stereocenters. The molecule has 0 spiro atoms. The summed E-state index contributed by atoms with van der Waals surface area (Å²) < 4.78 is 7.07. The van der Waals surface area contributed by atoms with Crippen LogP contribution in [0.3, 0.4) is 0 Å². The number of fused-ring (bicyclic) bond motifs is 1. The zero-order valence-electron chi connectivity index (χ0n) is 16.1. The number of carbonyl (C=O) groups is 1. The predicted molar refractivity (Wildman–Crippen MR) is 104 cm³/mol. The van der Waals surface area contributed by atoms with Crippen molar-refractivity contribution in [2.24, 2.45) is 0 Å². The van der Waals surface area contributed by atoms with Crippen molar-refractivity contribution in [1.82, 2.24) is 29.8 Å². The Bertz CT molecular complexity index is 965. The van der Waals surface area contributed by atoms with E-state index in [-0.39, 0.29) is 17.8 Å². The van der Waals surface area contributed by atoms with Crippen molar-refractivity contribution in [3.05, 3.63) is 59.2 Å². The molecule has 1 aliphatic heterocycles. The fourth-order valence-corrected chi connectivity index (χ4v) is 3.55. The van der Waals surface area contributed by atoms with Crippen LogP contribution in [0.1, 0.15) is 33.6 Å². The standard InChI is InChI=1S/C20H24N6O2/c1-14-12-15(2)26-20(22-14)23-18(24-26)19(27)21-13-17(16-6-4-3-5-7-16)25-8-10-28-11-9-25/h3-7,12,17H,8-11,13H2,1-2H3,(H,21,27). The van der Waals surface area contributed by atoms with Crippen LogP contribution in [0.4, 0.5) is 0 Å². The number of carbonyl (C=O) groups excluding carboxylic acids is 1. The summed E-state index contributed by atoms with van der Waals surface area (Å²) in [7, 11) is 0. The quantitative estimate of drug-likeness (QED) is 0.723. The Kier molecular flexibility index (Phi) is 5.31. The van der Waals surface area contributed by atoms with Crippen LogP contribution < -0.4 is 5.32 Å². The molecule has 1 aliphatic rings.